The zero-order valence-electron chi connectivity index (χ0n) is 16.4. The number of hydrogen-bond donors (Lipinski definition) is 1. The van der Waals surface area contributed by atoms with Gasteiger partial charge in [-0.05, 0) is 41.5 Å². The van der Waals surface area contributed by atoms with E-state index in [2.05, 4.69) is 0 Å². The number of fused-ring (bicyclic) bond motifs is 3. The number of aliphatic hydroxyl groups excluding tert-OH is 1. The van der Waals surface area contributed by atoms with Gasteiger partial charge in [-0.15, -0.1) is 0 Å². The summed E-state index contributed by atoms with van der Waals surface area (Å²) in [6.45, 7) is 12.4. The third kappa shape index (κ3) is 3.63. The van der Waals surface area contributed by atoms with Crippen LogP contribution in [0.2, 0.25) is 0 Å². The molecule has 0 aromatic heterocycles. The summed E-state index contributed by atoms with van der Waals surface area (Å²) in [7, 11) is 0. The average Bonchev–Trinajstić information content (AvgIpc) is 2.89. The molecule has 8 heteroatoms. The van der Waals surface area contributed by atoms with E-state index in [0.29, 0.717) is 19.7 Å². The Balaban J connectivity index is 1.85. The summed E-state index contributed by atoms with van der Waals surface area (Å²) in [4.78, 5) is 14.2. The van der Waals surface area contributed by atoms with Crippen LogP contribution in [0.3, 0.4) is 0 Å². The van der Waals surface area contributed by atoms with Crippen LogP contribution in [0.25, 0.3) is 0 Å². The van der Waals surface area contributed by atoms with Crippen molar-refractivity contribution in [3.8, 4) is 0 Å². The summed E-state index contributed by atoms with van der Waals surface area (Å²) in [5.41, 5.74) is 0. The van der Waals surface area contributed by atoms with E-state index in [1.165, 1.54) is 0 Å². The van der Waals surface area contributed by atoms with Crippen molar-refractivity contribution in [1.29, 1.82) is 0 Å². The van der Waals surface area contributed by atoms with Gasteiger partial charge in [0.05, 0.1) is 6.61 Å². The van der Waals surface area contributed by atoms with E-state index in [1.807, 2.05) is 27.7 Å². The lowest BCUT2D eigenvalue weighted by Crippen LogP contribution is -2.66. The maximum atomic E-state index is 12.7. The number of ether oxygens (including phenoxy) is 5. The molecule has 3 rings (SSSR count). The van der Waals surface area contributed by atoms with Crippen molar-refractivity contribution in [2.45, 2.75) is 89.7 Å². The first kappa shape index (κ1) is 20.0. The van der Waals surface area contributed by atoms with Gasteiger partial charge < -0.3 is 33.7 Å². The summed E-state index contributed by atoms with van der Waals surface area (Å²) in [5.74, 6) is -1.98. The molecule has 3 aliphatic rings. The van der Waals surface area contributed by atoms with Gasteiger partial charge >= 0.3 is 0 Å². The summed E-state index contributed by atoms with van der Waals surface area (Å²) < 4.78 is 29.9. The third-order valence-electron chi connectivity index (χ3n) is 5.16. The van der Waals surface area contributed by atoms with Crippen LogP contribution in [-0.4, -0.2) is 83.8 Å². The number of rotatable bonds is 4. The second-order valence-corrected chi connectivity index (χ2v) is 7.95. The summed E-state index contributed by atoms with van der Waals surface area (Å²) in [6, 6.07) is 0. The topological polar surface area (TPSA) is 86.7 Å². The van der Waals surface area contributed by atoms with Crippen LogP contribution >= 0.6 is 0 Å². The minimum Gasteiger partial charge on any atom is -0.380 e. The molecule has 0 bridgehead atoms. The highest BCUT2D eigenvalue weighted by atomic mass is 16.8. The van der Waals surface area contributed by atoms with Crippen LogP contribution in [-0.2, 0) is 28.5 Å². The van der Waals surface area contributed by atoms with E-state index >= 15 is 0 Å². The molecule has 0 spiro atoms. The highest BCUT2D eigenvalue weighted by molar-refractivity contribution is 5.81. The second kappa shape index (κ2) is 7.00. The molecular formula is C18H31NO7. The smallest absolute Gasteiger partial charge is 0.254 e. The van der Waals surface area contributed by atoms with Gasteiger partial charge in [-0.2, -0.15) is 0 Å². The lowest BCUT2D eigenvalue weighted by molar-refractivity contribution is -0.351. The van der Waals surface area contributed by atoms with Crippen LogP contribution in [0, 0.1) is 0 Å². The number of carbonyl (C=O) groups excluding carboxylic acids is 1. The lowest BCUT2D eigenvalue weighted by atomic mass is 9.91. The third-order valence-corrected chi connectivity index (χ3v) is 5.16. The number of nitrogens with zero attached hydrogens (tertiary/aromatic N) is 1. The highest BCUT2D eigenvalue weighted by Gasteiger charge is 2.60. The molecule has 0 aromatic carbocycles. The molecule has 0 unspecified atom stereocenters. The summed E-state index contributed by atoms with van der Waals surface area (Å²) in [5, 5.41) is 10.8. The Morgan fingerprint density at radius 1 is 1.04 bits per heavy atom. The molecule has 0 aliphatic carbocycles. The van der Waals surface area contributed by atoms with Crippen LogP contribution in [0.4, 0.5) is 0 Å². The molecule has 3 aliphatic heterocycles. The van der Waals surface area contributed by atoms with Crippen molar-refractivity contribution < 1.29 is 33.6 Å². The normalized spacial score (nSPS) is 39.0. The molecule has 6 atom stereocenters. The van der Waals surface area contributed by atoms with E-state index in [1.54, 1.807) is 18.7 Å². The molecule has 0 aromatic rings. The molecule has 3 heterocycles. The van der Waals surface area contributed by atoms with Gasteiger partial charge in [0.2, 0.25) is 0 Å². The van der Waals surface area contributed by atoms with Crippen molar-refractivity contribution in [1.82, 2.24) is 4.90 Å². The lowest BCUT2D eigenvalue weighted by Gasteiger charge is -2.49. The Hall–Kier alpha value is -0.770. The predicted molar refractivity (Wildman–Crippen MR) is 91.3 cm³/mol. The fourth-order valence-corrected chi connectivity index (χ4v) is 3.93. The molecule has 1 amide bonds. The average molecular weight is 373 g/mol. The highest BCUT2D eigenvalue weighted by Crippen LogP contribution is 2.42. The zero-order chi connectivity index (χ0) is 19.3. The minimum atomic E-state index is -1.34. The van der Waals surface area contributed by atoms with Crippen molar-refractivity contribution in [2.24, 2.45) is 0 Å². The van der Waals surface area contributed by atoms with E-state index < -0.39 is 48.2 Å². The first-order chi connectivity index (χ1) is 12.1. The van der Waals surface area contributed by atoms with Gasteiger partial charge in [0.1, 0.15) is 30.5 Å². The molecular weight excluding hydrogens is 342 g/mol. The first-order valence-electron chi connectivity index (χ1n) is 9.38. The molecule has 3 saturated heterocycles. The largest absolute Gasteiger partial charge is 0.380 e. The molecule has 150 valence electrons. The maximum absolute atomic E-state index is 12.7. The zero-order valence-corrected chi connectivity index (χ0v) is 16.4. The Labute approximate surface area is 154 Å². The van der Waals surface area contributed by atoms with Gasteiger partial charge in [0, 0.05) is 13.1 Å². The van der Waals surface area contributed by atoms with E-state index in [0.717, 1.165) is 0 Å². The molecule has 1 N–H and O–H groups in total. The van der Waals surface area contributed by atoms with Crippen molar-refractivity contribution in [3.63, 3.8) is 0 Å². The monoisotopic (exact) mass is 373 g/mol. The number of carbonyl (C=O) groups is 1. The van der Waals surface area contributed by atoms with E-state index in [4.69, 9.17) is 23.7 Å². The van der Waals surface area contributed by atoms with Gasteiger partial charge in [-0.25, -0.2) is 0 Å². The van der Waals surface area contributed by atoms with Gasteiger partial charge in [-0.3, -0.25) is 4.79 Å². The number of hydrogen-bond acceptors (Lipinski definition) is 7. The molecule has 26 heavy (non-hydrogen) atoms. The Morgan fingerprint density at radius 2 is 1.62 bits per heavy atom. The van der Waals surface area contributed by atoms with Gasteiger partial charge in [0.25, 0.3) is 5.91 Å². The predicted octanol–water partition coefficient (Wildman–Crippen LogP) is 0.655. The van der Waals surface area contributed by atoms with Gasteiger partial charge in [0.15, 0.2) is 17.7 Å². The van der Waals surface area contributed by atoms with E-state index in [-0.39, 0.29) is 5.91 Å². The Morgan fingerprint density at radius 3 is 2.23 bits per heavy atom. The van der Waals surface area contributed by atoms with Crippen LogP contribution < -0.4 is 0 Å². The molecule has 0 saturated carbocycles. The number of likely N-dealkylation sites (N-methyl/N-ethyl adjacent to an activating group) is 1. The van der Waals surface area contributed by atoms with Gasteiger partial charge in [-0.1, -0.05) is 0 Å². The van der Waals surface area contributed by atoms with Crippen molar-refractivity contribution in [2.75, 3.05) is 19.7 Å². The fourth-order valence-electron chi connectivity index (χ4n) is 3.93. The Bertz CT molecular complexity index is 534. The second-order valence-electron chi connectivity index (χ2n) is 7.95. The summed E-state index contributed by atoms with van der Waals surface area (Å²) >= 11 is 0. The number of amides is 1. The van der Waals surface area contributed by atoms with E-state index in [9.17, 15) is 9.90 Å². The Kier molecular flexibility index (Phi) is 5.38. The van der Waals surface area contributed by atoms with Crippen LogP contribution in [0.15, 0.2) is 0 Å². The SMILES string of the molecule is CCN(CC)C(=O)[C@H](O)[C@@H]1O[C@@H]2COC(C)(C)O[C@@H]2[C@H]2OC(C)(C)O[C@@H]21. The molecule has 0 radical (unpaired) electrons. The fraction of sp³-hybridized carbons (Fsp3) is 0.944. The van der Waals surface area contributed by atoms with Crippen LogP contribution in [0.1, 0.15) is 41.5 Å². The quantitative estimate of drug-likeness (QED) is 0.774. The molecule has 8 nitrogen and oxygen atoms in total. The summed E-state index contributed by atoms with van der Waals surface area (Å²) in [6.07, 6.45) is -4.06. The molecule has 3 fully saturated rings. The standard InChI is InChI=1S/C18H31NO7/c1-7-19(8-2)16(21)11(20)13-15-14(25-18(5,6)26-15)12-10(23-13)9-22-17(3,4)24-12/h10-15,20H,7-9H2,1-6H3/t10-,11-,12+,13+,14-,15-/m1/s1. The number of aliphatic hydroxyl groups is 1. The minimum absolute atomic E-state index is 0.299. The van der Waals surface area contributed by atoms with Crippen molar-refractivity contribution >= 4 is 5.91 Å². The first-order valence-corrected chi connectivity index (χ1v) is 9.38. The maximum Gasteiger partial charge on any atom is 0.254 e. The van der Waals surface area contributed by atoms with Crippen molar-refractivity contribution in [3.05, 3.63) is 0 Å². The van der Waals surface area contributed by atoms with Crippen LogP contribution in [0.5, 0.6) is 0 Å².